The van der Waals surface area contributed by atoms with Crippen LogP contribution in [-0.2, 0) is 9.59 Å². The molecule has 0 spiro atoms. The first kappa shape index (κ1) is 9.98. The Morgan fingerprint density at radius 3 is 2.46 bits per heavy atom. The highest BCUT2D eigenvalue weighted by Gasteiger charge is 2.29. The van der Waals surface area contributed by atoms with Gasteiger partial charge in [-0.1, -0.05) is 0 Å². The lowest BCUT2D eigenvalue weighted by molar-refractivity contribution is -0.141. The van der Waals surface area contributed by atoms with E-state index in [4.69, 9.17) is 10.2 Å². The molecule has 13 heavy (non-hydrogen) atoms. The van der Waals surface area contributed by atoms with Gasteiger partial charge < -0.3 is 15.5 Å². The van der Waals surface area contributed by atoms with E-state index in [1.54, 1.807) is 0 Å². The summed E-state index contributed by atoms with van der Waals surface area (Å²) in [4.78, 5) is 20.7. The Labute approximate surface area is 75.7 Å². The number of carboxylic acids is 2. The highest BCUT2D eigenvalue weighted by atomic mass is 16.4. The fraction of sp³-hybridized carbons (Fsp3) is 0.750. The molecule has 1 aliphatic carbocycles. The molecule has 3 N–H and O–H groups in total. The van der Waals surface area contributed by atoms with Crippen molar-refractivity contribution in [2.24, 2.45) is 5.92 Å². The molecule has 0 heterocycles. The van der Waals surface area contributed by atoms with Crippen LogP contribution in [-0.4, -0.2) is 34.7 Å². The minimum atomic E-state index is -0.904. The lowest BCUT2D eigenvalue weighted by atomic mass is 10.1. The molecule has 0 radical (unpaired) electrons. The smallest absolute Gasteiger partial charge is 0.317 e. The maximum atomic E-state index is 10.5. The van der Waals surface area contributed by atoms with E-state index in [1.807, 2.05) is 0 Å². The molecular weight excluding hydrogens is 174 g/mol. The summed E-state index contributed by atoms with van der Waals surface area (Å²) in [6, 6.07) is 0.0530. The third-order valence-corrected chi connectivity index (χ3v) is 2.32. The molecule has 5 nitrogen and oxygen atoms in total. The number of rotatable bonds is 4. The van der Waals surface area contributed by atoms with Gasteiger partial charge in [0, 0.05) is 6.04 Å². The molecule has 0 aliphatic heterocycles. The van der Waals surface area contributed by atoms with E-state index in [2.05, 4.69) is 5.32 Å². The van der Waals surface area contributed by atoms with Gasteiger partial charge in [-0.25, -0.2) is 0 Å². The van der Waals surface area contributed by atoms with E-state index in [9.17, 15) is 9.59 Å². The maximum Gasteiger partial charge on any atom is 0.317 e. The first-order chi connectivity index (χ1) is 6.09. The summed E-state index contributed by atoms with van der Waals surface area (Å²) in [6.45, 7) is -0.0863. The fourth-order valence-electron chi connectivity index (χ4n) is 1.62. The predicted octanol–water partition coefficient (Wildman–Crippen LogP) is -0.0861. The zero-order chi connectivity index (χ0) is 9.84. The highest BCUT2D eigenvalue weighted by Crippen LogP contribution is 2.25. The molecule has 74 valence electrons. The third-order valence-electron chi connectivity index (χ3n) is 2.32. The van der Waals surface area contributed by atoms with E-state index < -0.39 is 11.9 Å². The SMILES string of the molecule is O=C(O)CNC1CCC(C(=O)O)C1. The summed E-state index contributed by atoms with van der Waals surface area (Å²) in [6.07, 6.45) is 1.94. The zero-order valence-electron chi connectivity index (χ0n) is 7.19. The van der Waals surface area contributed by atoms with Crippen molar-refractivity contribution in [2.45, 2.75) is 25.3 Å². The largest absolute Gasteiger partial charge is 0.481 e. The molecule has 5 heteroatoms. The second-order valence-electron chi connectivity index (χ2n) is 3.32. The topological polar surface area (TPSA) is 86.6 Å². The van der Waals surface area contributed by atoms with E-state index in [0.29, 0.717) is 12.8 Å². The molecule has 1 aliphatic rings. The minimum Gasteiger partial charge on any atom is -0.481 e. The van der Waals surface area contributed by atoms with E-state index in [1.165, 1.54) is 0 Å². The summed E-state index contributed by atoms with van der Waals surface area (Å²) < 4.78 is 0. The van der Waals surface area contributed by atoms with E-state index in [-0.39, 0.29) is 18.5 Å². The first-order valence-electron chi connectivity index (χ1n) is 4.27. The van der Waals surface area contributed by atoms with Crippen molar-refractivity contribution in [1.82, 2.24) is 5.32 Å². The highest BCUT2D eigenvalue weighted by molar-refractivity contribution is 5.70. The Hall–Kier alpha value is -1.10. The van der Waals surface area contributed by atoms with Gasteiger partial charge in [-0.05, 0) is 19.3 Å². The molecule has 0 aromatic rings. The summed E-state index contributed by atoms with van der Waals surface area (Å²) >= 11 is 0. The van der Waals surface area contributed by atoms with Crippen LogP contribution in [0.15, 0.2) is 0 Å². The Kier molecular flexibility index (Phi) is 3.25. The Balaban J connectivity index is 2.25. The quantitative estimate of drug-likeness (QED) is 0.572. The molecule has 0 bridgehead atoms. The lowest BCUT2D eigenvalue weighted by Gasteiger charge is -2.09. The van der Waals surface area contributed by atoms with Crippen LogP contribution in [0.25, 0.3) is 0 Å². The molecule has 2 unspecified atom stereocenters. The molecule has 1 rings (SSSR count). The van der Waals surface area contributed by atoms with Gasteiger partial charge in [-0.3, -0.25) is 9.59 Å². The summed E-state index contributed by atoms with van der Waals surface area (Å²) in [5, 5.41) is 19.8. The van der Waals surface area contributed by atoms with E-state index in [0.717, 1.165) is 6.42 Å². The Morgan fingerprint density at radius 1 is 1.31 bits per heavy atom. The van der Waals surface area contributed by atoms with Crippen molar-refractivity contribution in [2.75, 3.05) is 6.54 Å². The van der Waals surface area contributed by atoms with Gasteiger partial charge in [0.2, 0.25) is 0 Å². The van der Waals surface area contributed by atoms with Crippen LogP contribution >= 0.6 is 0 Å². The normalized spacial score (nSPS) is 27.4. The third kappa shape index (κ3) is 3.02. The maximum absolute atomic E-state index is 10.5. The second-order valence-corrected chi connectivity index (χ2v) is 3.32. The van der Waals surface area contributed by atoms with Gasteiger partial charge in [0.05, 0.1) is 12.5 Å². The van der Waals surface area contributed by atoms with Crippen LogP contribution in [0.5, 0.6) is 0 Å². The minimum absolute atomic E-state index is 0.0530. The number of carbonyl (C=O) groups is 2. The van der Waals surface area contributed by atoms with Crippen LogP contribution in [0.1, 0.15) is 19.3 Å². The number of hydrogen-bond acceptors (Lipinski definition) is 3. The van der Waals surface area contributed by atoms with Crippen molar-refractivity contribution in [3.8, 4) is 0 Å². The molecule has 0 aromatic carbocycles. The summed E-state index contributed by atoms with van der Waals surface area (Å²) in [7, 11) is 0. The van der Waals surface area contributed by atoms with E-state index >= 15 is 0 Å². The molecule has 2 atom stereocenters. The Morgan fingerprint density at radius 2 is 2.00 bits per heavy atom. The Bertz CT molecular complexity index is 216. The van der Waals surface area contributed by atoms with Crippen LogP contribution in [0.2, 0.25) is 0 Å². The average Bonchev–Trinajstić information content (AvgIpc) is 2.48. The van der Waals surface area contributed by atoms with Crippen LogP contribution in [0.4, 0.5) is 0 Å². The fourth-order valence-corrected chi connectivity index (χ4v) is 1.62. The molecule has 0 saturated heterocycles. The lowest BCUT2D eigenvalue weighted by Crippen LogP contribution is -2.32. The monoisotopic (exact) mass is 187 g/mol. The zero-order valence-corrected chi connectivity index (χ0v) is 7.19. The molecular formula is C8H13NO4. The number of hydrogen-bond donors (Lipinski definition) is 3. The second kappa shape index (κ2) is 4.23. The molecule has 0 aromatic heterocycles. The van der Waals surface area contributed by atoms with Gasteiger partial charge in [-0.15, -0.1) is 0 Å². The molecule has 1 fully saturated rings. The van der Waals surface area contributed by atoms with Gasteiger partial charge in [0.25, 0.3) is 0 Å². The van der Waals surface area contributed by atoms with Crippen molar-refractivity contribution in [3.63, 3.8) is 0 Å². The number of carboxylic acid groups (broad SMARTS) is 2. The van der Waals surface area contributed by atoms with Crippen LogP contribution < -0.4 is 5.32 Å². The van der Waals surface area contributed by atoms with Crippen molar-refractivity contribution < 1.29 is 19.8 Å². The van der Waals surface area contributed by atoms with Crippen molar-refractivity contribution in [1.29, 1.82) is 0 Å². The van der Waals surface area contributed by atoms with Gasteiger partial charge >= 0.3 is 11.9 Å². The number of nitrogens with one attached hydrogen (secondary N) is 1. The van der Waals surface area contributed by atoms with Crippen LogP contribution in [0.3, 0.4) is 0 Å². The van der Waals surface area contributed by atoms with Gasteiger partial charge in [-0.2, -0.15) is 0 Å². The van der Waals surface area contributed by atoms with Crippen molar-refractivity contribution >= 4 is 11.9 Å². The standard InChI is InChI=1S/C8H13NO4/c10-7(11)4-9-6-2-1-5(3-6)8(12)13/h5-6,9H,1-4H2,(H,10,11)(H,12,13). The average molecular weight is 187 g/mol. The molecule has 1 saturated carbocycles. The number of aliphatic carboxylic acids is 2. The van der Waals surface area contributed by atoms with Crippen LogP contribution in [0, 0.1) is 5.92 Å². The summed E-state index contributed by atoms with van der Waals surface area (Å²) in [5.41, 5.74) is 0. The van der Waals surface area contributed by atoms with Gasteiger partial charge in [0.15, 0.2) is 0 Å². The van der Waals surface area contributed by atoms with Crippen molar-refractivity contribution in [3.05, 3.63) is 0 Å². The summed E-state index contributed by atoms with van der Waals surface area (Å²) in [5.74, 6) is -1.98. The molecule has 0 amide bonds. The predicted molar refractivity (Wildman–Crippen MR) is 44.4 cm³/mol. The van der Waals surface area contributed by atoms with Gasteiger partial charge in [0.1, 0.15) is 0 Å². The first-order valence-corrected chi connectivity index (χ1v) is 4.27.